The summed E-state index contributed by atoms with van der Waals surface area (Å²) < 4.78 is 5.19. The van der Waals surface area contributed by atoms with Crippen LogP contribution in [0.1, 0.15) is 29.2 Å². The Bertz CT molecular complexity index is 771. The zero-order valence-corrected chi connectivity index (χ0v) is 14.5. The van der Waals surface area contributed by atoms with Gasteiger partial charge in [-0.2, -0.15) is 5.10 Å². The Kier molecular flexibility index (Phi) is 4.86. The molecule has 0 saturated carbocycles. The summed E-state index contributed by atoms with van der Waals surface area (Å²) in [5.74, 6) is 0.523. The van der Waals surface area contributed by atoms with Crippen molar-refractivity contribution in [2.24, 2.45) is 5.10 Å². The highest BCUT2D eigenvalue weighted by Crippen LogP contribution is 2.33. The van der Waals surface area contributed by atoms with Crippen molar-refractivity contribution in [3.63, 3.8) is 0 Å². The standard InChI is InChI=1S/C19H19ClN2O2/c1-13-4-3-5-15(10-13)18-11-17(21-22(18)19(23)12-20)14-6-8-16(24-2)9-7-14/h3-10,18H,11-12H2,1-2H3. The second-order valence-corrected chi connectivity index (χ2v) is 6.05. The Morgan fingerprint density at radius 3 is 2.67 bits per heavy atom. The molecule has 1 heterocycles. The third-order valence-corrected chi connectivity index (χ3v) is 4.36. The van der Waals surface area contributed by atoms with Gasteiger partial charge in [-0.15, -0.1) is 11.6 Å². The number of hydrogen-bond donors (Lipinski definition) is 0. The van der Waals surface area contributed by atoms with Crippen molar-refractivity contribution in [1.29, 1.82) is 0 Å². The maximum Gasteiger partial charge on any atom is 0.258 e. The van der Waals surface area contributed by atoms with Gasteiger partial charge in [0.05, 0.1) is 18.9 Å². The van der Waals surface area contributed by atoms with Crippen LogP contribution in [0.25, 0.3) is 0 Å². The molecule has 0 aliphatic carbocycles. The molecule has 2 aromatic rings. The predicted octanol–water partition coefficient (Wildman–Crippen LogP) is 3.92. The summed E-state index contributed by atoms with van der Waals surface area (Å²) in [6.45, 7) is 2.04. The van der Waals surface area contributed by atoms with Gasteiger partial charge in [0.25, 0.3) is 5.91 Å². The number of carbonyl (C=O) groups is 1. The molecule has 0 N–H and O–H groups in total. The summed E-state index contributed by atoms with van der Waals surface area (Å²) in [6, 6.07) is 15.7. The van der Waals surface area contributed by atoms with Gasteiger partial charge in [-0.05, 0) is 42.3 Å². The zero-order valence-electron chi connectivity index (χ0n) is 13.7. The van der Waals surface area contributed by atoms with Gasteiger partial charge in [0.15, 0.2) is 0 Å². The summed E-state index contributed by atoms with van der Waals surface area (Å²) in [4.78, 5) is 12.2. The number of aryl methyl sites for hydroxylation is 1. The van der Waals surface area contributed by atoms with Crippen LogP contribution in [0.2, 0.25) is 0 Å². The fourth-order valence-electron chi connectivity index (χ4n) is 2.90. The quantitative estimate of drug-likeness (QED) is 0.790. The molecule has 2 aromatic carbocycles. The lowest BCUT2D eigenvalue weighted by Crippen LogP contribution is -2.28. The normalized spacial score (nSPS) is 16.9. The minimum absolute atomic E-state index is 0.0816. The lowest BCUT2D eigenvalue weighted by molar-refractivity contribution is -0.130. The number of amides is 1. The molecule has 0 spiro atoms. The average molecular weight is 343 g/mol. The highest BCUT2D eigenvalue weighted by Gasteiger charge is 2.32. The molecule has 1 aliphatic heterocycles. The van der Waals surface area contributed by atoms with E-state index in [9.17, 15) is 4.79 Å². The van der Waals surface area contributed by atoms with E-state index >= 15 is 0 Å². The van der Waals surface area contributed by atoms with Crippen LogP contribution in [0.4, 0.5) is 0 Å². The van der Waals surface area contributed by atoms with Crippen molar-refractivity contribution in [2.45, 2.75) is 19.4 Å². The molecule has 0 radical (unpaired) electrons. The van der Waals surface area contributed by atoms with E-state index in [4.69, 9.17) is 16.3 Å². The third kappa shape index (κ3) is 3.29. The third-order valence-electron chi connectivity index (χ3n) is 4.13. The topological polar surface area (TPSA) is 41.9 Å². The van der Waals surface area contributed by atoms with Gasteiger partial charge in [0, 0.05) is 6.42 Å². The molecule has 1 unspecified atom stereocenters. The summed E-state index contributed by atoms with van der Waals surface area (Å²) in [5.41, 5.74) is 4.09. The van der Waals surface area contributed by atoms with Gasteiger partial charge < -0.3 is 4.74 Å². The largest absolute Gasteiger partial charge is 0.497 e. The van der Waals surface area contributed by atoms with Gasteiger partial charge in [-0.1, -0.05) is 29.8 Å². The number of methoxy groups -OCH3 is 1. The van der Waals surface area contributed by atoms with Crippen LogP contribution in [-0.2, 0) is 4.79 Å². The number of nitrogens with zero attached hydrogens (tertiary/aromatic N) is 2. The molecule has 4 nitrogen and oxygen atoms in total. The van der Waals surface area contributed by atoms with Gasteiger partial charge in [0.1, 0.15) is 11.6 Å². The number of halogens is 1. The Hall–Kier alpha value is -2.33. The molecule has 0 saturated heterocycles. The number of carbonyl (C=O) groups excluding carboxylic acids is 1. The van der Waals surface area contributed by atoms with Crippen LogP contribution < -0.4 is 4.74 Å². The molecule has 1 atom stereocenters. The van der Waals surface area contributed by atoms with Crippen LogP contribution in [-0.4, -0.2) is 29.6 Å². The average Bonchev–Trinajstić information content (AvgIpc) is 3.06. The summed E-state index contributed by atoms with van der Waals surface area (Å²) >= 11 is 5.77. The number of rotatable bonds is 4. The first kappa shape index (κ1) is 16.5. The first-order chi connectivity index (χ1) is 11.6. The number of benzene rings is 2. The van der Waals surface area contributed by atoms with E-state index in [2.05, 4.69) is 11.2 Å². The number of ether oxygens (including phenoxy) is 1. The molecule has 1 aliphatic rings. The van der Waals surface area contributed by atoms with Gasteiger partial charge >= 0.3 is 0 Å². The number of alkyl halides is 1. The summed E-state index contributed by atoms with van der Waals surface area (Å²) in [5, 5.41) is 6.06. The summed E-state index contributed by atoms with van der Waals surface area (Å²) in [7, 11) is 1.64. The maximum atomic E-state index is 12.2. The van der Waals surface area contributed by atoms with Crippen molar-refractivity contribution in [2.75, 3.05) is 13.0 Å². The fourth-order valence-corrected chi connectivity index (χ4v) is 3.02. The monoisotopic (exact) mass is 342 g/mol. The van der Waals surface area contributed by atoms with E-state index in [-0.39, 0.29) is 17.8 Å². The Morgan fingerprint density at radius 2 is 2.04 bits per heavy atom. The van der Waals surface area contributed by atoms with Gasteiger partial charge in [0.2, 0.25) is 0 Å². The molecule has 5 heteroatoms. The molecule has 1 amide bonds. The van der Waals surface area contributed by atoms with Crippen LogP contribution in [0.5, 0.6) is 5.75 Å². The molecule has 24 heavy (non-hydrogen) atoms. The van der Waals surface area contributed by atoms with Crippen molar-refractivity contribution in [1.82, 2.24) is 5.01 Å². The fraction of sp³-hybridized carbons (Fsp3) is 0.263. The van der Waals surface area contributed by atoms with Crippen LogP contribution >= 0.6 is 11.6 Å². The minimum atomic E-state index is -0.188. The smallest absolute Gasteiger partial charge is 0.258 e. The second-order valence-electron chi connectivity index (χ2n) is 5.78. The van der Waals surface area contributed by atoms with Gasteiger partial charge in [-0.3, -0.25) is 4.79 Å². The highest BCUT2D eigenvalue weighted by atomic mass is 35.5. The molecule has 0 bridgehead atoms. The molecular weight excluding hydrogens is 324 g/mol. The van der Waals surface area contributed by atoms with E-state index in [1.165, 1.54) is 5.01 Å². The van der Waals surface area contributed by atoms with E-state index < -0.39 is 0 Å². The van der Waals surface area contributed by atoms with Crippen molar-refractivity contribution in [3.05, 3.63) is 65.2 Å². The minimum Gasteiger partial charge on any atom is -0.497 e. The van der Waals surface area contributed by atoms with Crippen LogP contribution in [0.3, 0.4) is 0 Å². The first-order valence-electron chi connectivity index (χ1n) is 7.79. The molecule has 0 fully saturated rings. The van der Waals surface area contributed by atoms with E-state index in [0.29, 0.717) is 6.42 Å². The lowest BCUT2D eigenvalue weighted by Gasteiger charge is -2.21. The predicted molar refractivity (Wildman–Crippen MR) is 95.6 cm³/mol. The Labute approximate surface area is 146 Å². The van der Waals surface area contributed by atoms with Gasteiger partial charge in [-0.25, -0.2) is 5.01 Å². The highest BCUT2D eigenvalue weighted by molar-refractivity contribution is 6.27. The number of hydrazone groups is 1. The SMILES string of the molecule is COc1ccc(C2=NN(C(=O)CCl)C(c3cccc(C)c3)C2)cc1. The van der Waals surface area contributed by atoms with Crippen LogP contribution in [0.15, 0.2) is 53.6 Å². The molecule has 124 valence electrons. The maximum absolute atomic E-state index is 12.2. The number of hydrogen-bond acceptors (Lipinski definition) is 3. The second kappa shape index (κ2) is 7.05. The van der Waals surface area contributed by atoms with E-state index in [1.54, 1.807) is 7.11 Å². The Morgan fingerprint density at radius 1 is 1.29 bits per heavy atom. The first-order valence-corrected chi connectivity index (χ1v) is 8.32. The van der Waals surface area contributed by atoms with Crippen LogP contribution in [0, 0.1) is 6.92 Å². The molecule has 0 aromatic heterocycles. The van der Waals surface area contributed by atoms with Crippen molar-refractivity contribution in [3.8, 4) is 5.75 Å². The van der Waals surface area contributed by atoms with E-state index in [1.807, 2.05) is 49.4 Å². The molecular formula is C19H19ClN2O2. The summed E-state index contributed by atoms with van der Waals surface area (Å²) in [6.07, 6.45) is 0.665. The van der Waals surface area contributed by atoms with E-state index in [0.717, 1.165) is 28.2 Å². The molecule has 3 rings (SSSR count). The Balaban J connectivity index is 1.93. The van der Waals surface area contributed by atoms with Crippen molar-refractivity contribution < 1.29 is 9.53 Å². The van der Waals surface area contributed by atoms with Crippen molar-refractivity contribution >= 4 is 23.2 Å². The zero-order chi connectivity index (χ0) is 17.1. The lowest BCUT2D eigenvalue weighted by atomic mass is 9.97.